The molecule has 1 amide bonds. The number of nitrogens with zero attached hydrogens (tertiary/aromatic N) is 2. The Balaban J connectivity index is 1.93. The van der Waals surface area contributed by atoms with Crippen LogP contribution in [0.3, 0.4) is 0 Å². The number of carbonyl (C=O) groups excluding carboxylic acids is 1. The van der Waals surface area contributed by atoms with Crippen molar-refractivity contribution in [2.24, 2.45) is 11.8 Å². The lowest BCUT2D eigenvalue weighted by molar-refractivity contribution is -0.174. The van der Waals surface area contributed by atoms with Gasteiger partial charge in [-0.15, -0.1) is 6.58 Å². The second-order valence-electron chi connectivity index (χ2n) is 11.3. The van der Waals surface area contributed by atoms with E-state index in [1.807, 2.05) is 24.3 Å². The summed E-state index contributed by atoms with van der Waals surface area (Å²) < 4.78 is 6.94. The fourth-order valence-corrected chi connectivity index (χ4v) is 6.39. The molecular weight excluding hydrogens is 452 g/mol. The standard InChI is InChI=1S/C29H44N2O3Si/c1-9-14-24-26(34-35(7,8)29(2,3)4)19-18-23-21-25(28(32)30(5)33-6)31(27(23)24)20-13-17-22-15-11-10-12-16-22/h9-13,15-19,23-27H,1,14,20-21H2,2-8H3/b17-13+/t23-,24+,25-,26+,27-/m0/s1. The minimum atomic E-state index is -1.97. The number of rotatable bonds is 9. The molecule has 1 aliphatic heterocycles. The highest BCUT2D eigenvalue weighted by Crippen LogP contribution is 2.45. The molecule has 35 heavy (non-hydrogen) atoms. The van der Waals surface area contributed by atoms with Crippen molar-refractivity contribution in [3.8, 4) is 0 Å². The van der Waals surface area contributed by atoms with Crippen LogP contribution in [-0.2, 0) is 14.1 Å². The summed E-state index contributed by atoms with van der Waals surface area (Å²) in [6.07, 6.45) is 12.5. The number of hydrogen-bond donors (Lipinski definition) is 0. The number of fused-ring (bicyclic) bond motifs is 1. The SMILES string of the molecule is C=CC[C@H]1[C@@H]2[C@@H](C=C[C@H]1O[Si](C)(C)C(C)(C)C)C[C@@H](C(=O)N(C)OC)N2C/C=C/c1ccccc1. The van der Waals surface area contributed by atoms with Crippen LogP contribution in [0.2, 0.25) is 18.1 Å². The molecule has 1 heterocycles. The molecular formula is C29H44N2O3Si. The number of likely N-dealkylation sites (N-methyl/N-ethyl adjacent to an activating group) is 1. The first-order chi connectivity index (χ1) is 16.5. The molecule has 2 aliphatic rings. The largest absolute Gasteiger partial charge is 0.410 e. The van der Waals surface area contributed by atoms with Gasteiger partial charge in [0, 0.05) is 25.6 Å². The molecule has 0 radical (unpaired) electrons. The van der Waals surface area contributed by atoms with Gasteiger partial charge in [-0.1, -0.05) is 81.5 Å². The van der Waals surface area contributed by atoms with Crippen LogP contribution in [0, 0.1) is 11.8 Å². The summed E-state index contributed by atoms with van der Waals surface area (Å²) in [7, 11) is 1.27. The third kappa shape index (κ3) is 6.23. The van der Waals surface area contributed by atoms with Gasteiger partial charge in [-0.3, -0.25) is 14.5 Å². The van der Waals surface area contributed by atoms with Crippen molar-refractivity contribution in [1.82, 2.24) is 9.96 Å². The second kappa shape index (κ2) is 11.4. The number of benzene rings is 1. The Morgan fingerprint density at radius 3 is 2.51 bits per heavy atom. The van der Waals surface area contributed by atoms with Crippen LogP contribution in [0.4, 0.5) is 0 Å². The molecule has 0 unspecified atom stereocenters. The normalized spacial score (nSPS) is 27.2. The van der Waals surface area contributed by atoms with Gasteiger partial charge >= 0.3 is 0 Å². The lowest BCUT2D eigenvalue weighted by atomic mass is 9.78. The number of carbonyl (C=O) groups is 1. The van der Waals surface area contributed by atoms with Gasteiger partial charge < -0.3 is 4.43 Å². The first-order valence-electron chi connectivity index (χ1n) is 12.8. The molecule has 5 nitrogen and oxygen atoms in total. The van der Waals surface area contributed by atoms with Crippen LogP contribution < -0.4 is 0 Å². The van der Waals surface area contributed by atoms with E-state index in [1.165, 1.54) is 5.06 Å². The zero-order valence-corrected chi connectivity index (χ0v) is 23.6. The van der Waals surface area contributed by atoms with Gasteiger partial charge in [0.15, 0.2) is 8.32 Å². The highest BCUT2D eigenvalue weighted by Gasteiger charge is 2.51. The van der Waals surface area contributed by atoms with Gasteiger partial charge in [0.05, 0.1) is 19.3 Å². The van der Waals surface area contributed by atoms with Crippen LogP contribution in [-0.4, -0.2) is 63.1 Å². The summed E-state index contributed by atoms with van der Waals surface area (Å²) >= 11 is 0. The van der Waals surface area contributed by atoms with E-state index in [0.29, 0.717) is 12.5 Å². The van der Waals surface area contributed by atoms with Crippen molar-refractivity contribution in [2.75, 3.05) is 20.7 Å². The molecule has 1 saturated heterocycles. The topological polar surface area (TPSA) is 42.0 Å². The predicted molar refractivity (Wildman–Crippen MR) is 147 cm³/mol. The molecule has 0 N–H and O–H groups in total. The monoisotopic (exact) mass is 496 g/mol. The van der Waals surface area contributed by atoms with Crippen LogP contribution in [0.5, 0.6) is 0 Å². The Hall–Kier alpha value is -1.99. The summed E-state index contributed by atoms with van der Waals surface area (Å²) in [5.41, 5.74) is 1.16. The molecule has 0 aromatic heterocycles. The highest BCUT2D eigenvalue weighted by atomic mass is 28.4. The van der Waals surface area contributed by atoms with Crippen LogP contribution in [0.15, 0.2) is 61.2 Å². The summed E-state index contributed by atoms with van der Waals surface area (Å²) in [4.78, 5) is 21.0. The Morgan fingerprint density at radius 1 is 1.23 bits per heavy atom. The molecule has 1 aliphatic carbocycles. The molecule has 0 spiro atoms. The Labute approximate surface area is 213 Å². The lowest BCUT2D eigenvalue weighted by Gasteiger charge is -2.46. The van der Waals surface area contributed by atoms with E-state index in [-0.39, 0.29) is 35.1 Å². The second-order valence-corrected chi connectivity index (χ2v) is 16.1. The van der Waals surface area contributed by atoms with E-state index >= 15 is 0 Å². The Morgan fingerprint density at radius 2 is 1.91 bits per heavy atom. The van der Waals surface area contributed by atoms with Gasteiger partial charge in [0.2, 0.25) is 0 Å². The van der Waals surface area contributed by atoms with E-state index in [2.05, 4.69) is 81.8 Å². The minimum absolute atomic E-state index is 0.00243. The molecule has 0 saturated carbocycles. The van der Waals surface area contributed by atoms with Gasteiger partial charge in [-0.2, -0.15) is 0 Å². The number of allylic oxidation sites excluding steroid dienone is 1. The number of likely N-dealkylation sites (tertiary alicyclic amines) is 1. The average molecular weight is 497 g/mol. The Bertz CT molecular complexity index is 922. The van der Waals surface area contributed by atoms with E-state index in [1.54, 1.807) is 14.2 Å². The van der Waals surface area contributed by atoms with Gasteiger partial charge in [0.1, 0.15) is 0 Å². The van der Waals surface area contributed by atoms with Crippen LogP contribution >= 0.6 is 0 Å². The zero-order valence-electron chi connectivity index (χ0n) is 22.6. The first-order valence-corrected chi connectivity index (χ1v) is 15.7. The van der Waals surface area contributed by atoms with Crippen molar-refractivity contribution in [3.05, 3.63) is 66.8 Å². The van der Waals surface area contributed by atoms with Crippen molar-refractivity contribution in [1.29, 1.82) is 0 Å². The molecule has 1 aromatic rings. The van der Waals surface area contributed by atoms with Crippen molar-refractivity contribution in [3.63, 3.8) is 0 Å². The Kier molecular flexibility index (Phi) is 8.97. The first kappa shape index (κ1) is 27.6. The highest BCUT2D eigenvalue weighted by molar-refractivity contribution is 6.74. The molecule has 3 rings (SSSR count). The molecule has 0 bridgehead atoms. The zero-order chi connectivity index (χ0) is 25.8. The third-order valence-electron chi connectivity index (χ3n) is 8.10. The van der Waals surface area contributed by atoms with Crippen molar-refractivity contribution < 1.29 is 14.1 Å². The smallest absolute Gasteiger partial charge is 0.263 e. The van der Waals surface area contributed by atoms with Gasteiger partial charge in [-0.25, -0.2) is 5.06 Å². The lowest BCUT2D eigenvalue weighted by Crippen LogP contribution is -2.53. The maximum Gasteiger partial charge on any atom is 0.263 e. The third-order valence-corrected chi connectivity index (χ3v) is 12.6. The summed E-state index contributed by atoms with van der Waals surface area (Å²) in [5, 5.41) is 1.50. The van der Waals surface area contributed by atoms with Crippen molar-refractivity contribution >= 4 is 20.3 Å². The van der Waals surface area contributed by atoms with E-state index < -0.39 is 8.32 Å². The van der Waals surface area contributed by atoms with E-state index in [0.717, 1.165) is 18.4 Å². The molecule has 192 valence electrons. The van der Waals surface area contributed by atoms with E-state index in [4.69, 9.17) is 9.26 Å². The van der Waals surface area contributed by atoms with Gasteiger partial charge in [0.25, 0.3) is 5.91 Å². The molecule has 1 aromatic carbocycles. The number of hydrogen-bond acceptors (Lipinski definition) is 4. The fourth-order valence-electron chi connectivity index (χ4n) is 5.11. The maximum atomic E-state index is 13.3. The van der Waals surface area contributed by atoms with Gasteiger partial charge in [-0.05, 0) is 42.5 Å². The summed E-state index contributed by atoms with van der Waals surface area (Å²) in [5.74, 6) is 0.540. The molecule has 1 fully saturated rings. The fraction of sp³-hybridized carbons (Fsp3) is 0.552. The predicted octanol–water partition coefficient (Wildman–Crippen LogP) is 5.93. The van der Waals surface area contributed by atoms with E-state index in [9.17, 15) is 4.79 Å². The number of amides is 1. The molecule has 5 atom stereocenters. The quantitative estimate of drug-likeness (QED) is 0.241. The summed E-state index contributed by atoms with van der Waals surface area (Å²) in [6, 6.07) is 10.3. The summed E-state index contributed by atoms with van der Waals surface area (Å²) in [6.45, 7) is 16.2. The minimum Gasteiger partial charge on any atom is -0.410 e. The molecule has 6 heteroatoms. The van der Waals surface area contributed by atoms with Crippen LogP contribution in [0.1, 0.15) is 39.2 Å². The van der Waals surface area contributed by atoms with Crippen molar-refractivity contribution in [2.45, 2.75) is 69.9 Å². The maximum absolute atomic E-state index is 13.3. The number of hydroxylamine groups is 2. The van der Waals surface area contributed by atoms with Crippen LogP contribution in [0.25, 0.3) is 6.08 Å². The average Bonchev–Trinajstić information content (AvgIpc) is 3.18.